The Morgan fingerprint density at radius 3 is 1.48 bits per heavy atom. The Balaban J connectivity index is 0.977. The van der Waals surface area contributed by atoms with Gasteiger partial charge in [-0.1, -0.05) is 206 Å². The summed E-state index contributed by atoms with van der Waals surface area (Å²) in [5, 5.41) is 2.56. The minimum absolute atomic E-state index is 0.422. The molecule has 1 spiro atoms. The fraction of sp³-hybridized carbons (Fsp3) is 0.0175. The van der Waals surface area contributed by atoms with Crippen molar-refractivity contribution in [1.82, 2.24) is 9.97 Å². The SMILES string of the molecule is c1ccc(-c2cc(-c3ccccc3)nc(-c3cccc(-c4cccc(-c5ccc6c(c5)Sc5c(ccc7ccccc57)C65c6ccccc6-c6ccccc65)c4)c3)n2)cc1. The molecule has 1 aromatic heterocycles. The smallest absolute Gasteiger partial charge is 0.160 e. The number of hydrogen-bond donors (Lipinski definition) is 0. The van der Waals surface area contributed by atoms with Gasteiger partial charge < -0.3 is 0 Å². The molecule has 0 fully saturated rings. The Hall–Kier alpha value is -7.33. The topological polar surface area (TPSA) is 25.8 Å². The molecule has 0 saturated carbocycles. The van der Waals surface area contributed by atoms with Gasteiger partial charge >= 0.3 is 0 Å². The number of rotatable bonds is 5. The van der Waals surface area contributed by atoms with E-state index in [9.17, 15) is 0 Å². The van der Waals surface area contributed by atoms with Gasteiger partial charge in [0, 0.05) is 26.5 Å². The highest BCUT2D eigenvalue weighted by Gasteiger charge is 2.50. The highest BCUT2D eigenvalue weighted by molar-refractivity contribution is 7.99. The van der Waals surface area contributed by atoms with E-state index in [1.165, 1.54) is 65.1 Å². The van der Waals surface area contributed by atoms with Crippen LogP contribution in [0, 0.1) is 0 Å². The zero-order chi connectivity index (χ0) is 39.6. The fourth-order valence-electron chi connectivity index (χ4n) is 9.62. The van der Waals surface area contributed by atoms with Gasteiger partial charge in [0.1, 0.15) is 0 Å². The lowest BCUT2D eigenvalue weighted by Crippen LogP contribution is -2.32. The van der Waals surface area contributed by atoms with Crippen LogP contribution in [0.15, 0.2) is 228 Å². The van der Waals surface area contributed by atoms with Crippen LogP contribution in [0.25, 0.3) is 78.1 Å². The first-order valence-corrected chi connectivity index (χ1v) is 21.3. The molecule has 9 aromatic carbocycles. The van der Waals surface area contributed by atoms with Crippen molar-refractivity contribution < 1.29 is 0 Å². The van der Waals surface area contributed by atoms with Crippen LogP contribution in [0.1, 0.15) is 22.3 Å². The summed E-state index contributed by atoms with van der Waals surface area (Å²) in [5.74, 6) is 0.705. The van der Waals surface area contributed by atoms with Gasteiger partial charge in [-0.05, 0) is 90.7 Å². The standard InChI is InChI=1S/C57H36N2S/c1-3-16-38(17-4-1)52-36-53(39-18-5-2-6-19-39)59-56(58-52)44-23-14-22-42(34-44)40-20-13-21-41(33-40)43-30-31-50-54(35-43)60-55-45-24-8-7-15-37(45)29-32-51(55)57(50)48-27-11-9-25-46(48)47-26-10-12-28-49(47)57/h1-36H. The molecule has 0 unspecified atom stereocenters. The van der Waals surface area contributed by atoms with Crippen LogP contribution >= 0.6 is 11.8 Å². The Bertz CT molecular complexity index is 3190. The first-order chi connectivity index (χ1) is 29.7. The molecule has 0 saturated heterocycles. The Morgan fingerprint density at radius 2 is 0.833 bits per heavy atom. The van der Waals surface area contributed by atoms with Crippen LogP contribution in [0.2, 0.25) is 0 Å². The van der Waals surface area contributed by atoms with Crippen molar-refractivity contribution in [2.75, 3.05) is 0 Å². The molecular formula is C57H36N2S. The summed E-state index contributed by atoms with van der Waals surface area (Å²) >= 11 is 1.92. The van der Waals surface area contributed by atoms with Crippen LogP contribution in [-0.4, -0.2) is 9.97 Å². The van der Waals surface area contributed by atoms with E-state index in [0.717, 1.165) is 39.2 Å². The van der Waals surface area contributed by atoms with E-state index in [1.807, 2.05) is 23.9 Å². The molecule has 1 aliphatic heterocycles. The van der Waals surface area contributed by atoms with Gasteiger partial charge in [0.05, 0.1) is 16.8 Å². The predicted molar refractivity (Wildman–Crippen MR) is 248 cm³/mol. The van der Waals surface area contributed by atoms with Crippen LogP contribution in [-0.2, 0) is 5.41 Å². The number of hydrogen-bond acceptors (Lipinski definition) is 3. The fourth-order valence-corrected chi connectivity index (χ4v) is 11.0. The van der Waals surface area contributed by atoms with E-state index in [2.05, 4.69) is 206 Å². The van der Waals surface area contributed by atoms with E-state index in [1.54, 1.807) is 0 Å². The van der Waals surface area contributed by atoms with Crippen molar-refractivity contribution in [3.63, 3.8) is 0 Å². The van der Waals surface area contributed by atoms with E-state index in [-0.39, 0.29) is 0 Å². The second-order valence-corrected chi connectivity index (χ2v) is 16.7. The van der Waals surface area contributed by atoms with E-state index in [4.69, 9.17) is 9.97 Å². The molecule has 2 aliphatic rings. The van der Waals surface area contributed by atoms with Crippen LogP contribution in [0.3, 0.4) is 0 Å². The first kappa shape index (κ1) is 34.7. The van der Waals surface area contributed by atoms with Crippen LogP contribution in [0.4, 0.5) is 0 Å². The number of nitrogens with zero attached hydrogens (tertiary/aromatic N) is 2. The maximum atomic E-state index is 5.12. The molecule has 0 N–H and O–H groups in total. The van der Waals surface area contributed by atoms with Crippen LogP contribution < -0.4 is 0 Å². The lowest BCUT2D eigenvalue weighted by molar-refractivity contribution is 0.726. The third-order valence-corrected chi connectivity index (χ3v) is 13.6. The minimum atomic E-state index is -0.422. The van der Waals surface area contributed by atoms with Gasteiger partial charge in [0.15, 0.2) is 5.82 Å². The van der Waals surface area contributed by atoms with E-state index < -0.39 is 5.41 Å². The number of aromatic nitrogens is 2. The van der Waals surface area contributed by atoms with Crippen molar-refractivity contribution in [2.45, 2.75) is 15.2 Å². The molecule has 0 bridgehead atoms. The summed E-state index contributed by atoms with van der Waals surface area (Å²) in [6, 6.07) is 79.2. The average molecular weight is 781 g/mol. The first-order valence-electron chi connectivity index (χ1n) is 20.5. The molecular weight excluding hydrogens is 745 g/mol. The molecule has 2 nitrogen and oxygen atoms in total. The normalized spacial score (nSPS) is 13.1. The highest BCUT2D eigenvalue weighted by Crippen LogP contribution is 2.63. The summed E-state index contributed by atoms with van der Waals surface area (Å²) in [5.41, 5.74) is 17.2. The highest BCUT2D eigenvalue weighted by atomic mass is 32.2. The Labute approximate surface area is 353 Å². The monoisotopic (exact) mass is 780 g/mol. The second kappa shape index (κ2) is 13.9. The van der Waals surface area contributed by atoms with E-state index in [0.29, 0.717) is 5.82 Å². The molecule has 0 radical (unpaired) electrons. The Morgan fingerprint density at radius 1 is 0.333 bits per heavy atom. The predicted octanol–water partition coefficient (Wildman–Crippen LogP) is 14.8. The second-order valence-electron chi connectivity index (χ2n) is 15.7. The third kappa shape index (κ3) is 5.43. The van der Waals surface area contributed by atoms with Crippen molar-refractivity contribution in [1.29, 1.82) is 0 Å². The number of fused-ring (bicyclic) bond motifs is 11. The van der Waals surface area contributed by atoms with Crippen molar-refractivity contribution in [2.24, 2.45) is 0 Å². The van der Waals surface area contributed by atoms with Gasteiger partial charge in [-0.25, -0.2) is 9.97 Å². The summed E-state index contributed by atoms with van der Waals surface area (Å²) in [6.07, 6.45) is 0. The lowest BCUT2D eigenvalue weighted by Gasteiger charge is -2.40. The zero-order valence-electron chi connectivity index (χ0n) is 32.6. The molecule has 280 valence electrons. The molecule has 0 amide bonds. The molecule has 0 atom stereocenters. The largest absolute Gasteiger partial charge is 0.228 e. The van der Waals surface area contributed by atoms with Gasteiger partial charge in [-0.15, -0.1) is 0 Å². The zero-order valence-corrected chi connectivity index (χ0v) is 33.4. The average Bonchev–Trinajstić information content (AvgIpc) is 3.62. The van der Waals surface area contributed by atoms with Crippen molar-refractivity contribution >= 4 is 22.5 Å². The molecule has 3 heteroatoms. The van der Waals surface area contributed by atoms with Gasteiger partial charge in [-0.2, -0.15) is 0 Å². The molecule has 60 heavy (non-hydrogen) atoms. The van der Waals surface area contributed by atoms with Gasteiger partial charge in [0.25, 0.3) is 0 Å². The summed E-state index contributed by atoms with van der Waals surface area (Å²) in [4.78, 5) is 12.9. The molecule has 10 aromatic rings. The maximum absolute atomic E-state index is 5.12. The minimum Gasteiger partial charge on any atom is -0.228 e. The van der Waals surface area contributed by atoms with Crippen molar-refractivity contribution in [3.8, 4) is 67.3 Å². The van der Waals surface area contributed by atoms with E-state index >= 15 is 0 Å². The quantitative estimate of drug-likeness (QED) is 0.174. The summed E-state index contributed by atoms with van der Waals surface area (Å²) < 4.78 is 0. The summed E-state index contributed by atoms with van der Waals surface area (Å²) in [7, 11) is 0. The molecule has 12 rings (SSSR count). The molecule has 1 aliphatic carbocycles. The third-order valence-electron chi connectivity index (χ3n) is 12.3. The Kier molecular flexibility index (Phi) is 8.04. The van der Waals surface area contributed by atoms with Crippen molar-refractivity contribution in [3.05, 3.63) is 241 Å². The van der Waals surface area contributed by atoms with Crippen LogP contribution in [0.5, 0.6) is 0 Å². The maximum Gasteiger partial charge on any atom is 0.160 e. The number of benzene rings is 9. The van der Waals surface area contributed by atoms with Gasteiger partial charge in [-0.3, -0.25) is 0 Å². The lowest BCUT2D eigenvalue weighted by atomic mass is 9.67. The summed E-state index contributed by atoms with van der Waals surface area (Å²) in [6.45, 7) is 0. The van der Waals surface area contributed by atoms with Gasteiger partial charge in [0.2, 0.25) is 0 Å². The molecule has 2 heterocycles.